The van der Waals surface area contributed by atoms with E-state index in [0.717, 1.165) is 92.4 Å². The molecule has 1 radical (unpaired) electrons. The largest absolute Gasteiger partial charge is 0.512 e. The summed E-state index contributed by atoms with van der Waals surface area (Å²) in [4.78, 5) is 16.5. The van der Waals surface area contributed by atoms with Crippen LogP contribution in [0.15, 0.2) is 69.3 Å². The van der Waals surface area contributed by atoms with E-state index in [1.807, 2.05) is 52.9 Å². The standard InChI is InChI=1S/C27H22NO2.C13H24O2.Ir/c1-15-9-22-25(28-14-15)19-12-17-7-5-6-8-18(17)26-23(19)24-20(29-22)10-16(11-21(24)30-26)13-27(2,3)4;1-5-10(6-2)12(14)9-13(15)11(7-3)8-4;/h5-11,14H,13H2,1-4H3;9-11,14H,5-8H2,1-4H3;/q-1;;/b;12-9-;. The van der Waals surface area contributed by atoms with E-state index in [9.17, 15) is 9.90 Å². The molecule has 0 bridgehead atoms. The van der Waals surface area contributed by atoms with Gasteiger partial charge in [0.1, 0.15) is 16.7 Å². The number of allylic oxidation sites excluding steroid dienone is 2. The van der Waals surface area contributed by atoms with Gasteiger partial charge in [0.05, 0.1) is 11.3 Å². The average Bonchev–Trinajstić information content (AvgIpc) is 3.31. The van der Waals surface area contributed by atoms with Crippen LogP contribution < -0.4 is 0 Å². The molecule has 1 N–H and O–H groups in total. The molecule has 0 fully saturated rings. The van der Waals surface area contributed by atoms with Crippen LogP contribution in [0.4, 0.5) is 0 Å². The second-order valence-electron chi connectivity index (χ2n) is 13.5. The minimum atomic E-state index is 0. The summed E-state index contributed by atoms with van der Waals surface area (Å²) < 4.78 is 13.0. The fraction of sp³-hybridized carbons (Fsp3) is 0.400. The Bertz CT molecular complexity index is 2020. The maximum atomic E-state index is 11.7. The number of hydrogen-bond donors (Lipinski definition) is 1. The molecule has 0 atom stereocenters. The van der Waals surface area contributed by atoms with Crippen molar-refractivity contribution in [1.29, 1.82) is 0 Å². The fourth-order valence-corrected chi connectivity index (χ4v) is 6.34. The topological polar surface area (TPSA) is 76.5 Å². The molecule has 6 rings (SSSR count). The quantitative estimate of drug-likeness (QED) is 0.0943. The summed E-state index contributed by atoms with van der Waals surface area (Å²) in [7, 11) is 0. The van der Waals surface area contributed by atoms with Gasteiger partial charge in [-0.15, -0.1) is 17.5 Å². The van der Waals surface area contributed by atoms with Gasteiger partial charge in [-0.25, -0.2) is 0 Å². The van der Waals surface area contributed by atoms with Crippen molar-refractivity contribution in [1.82, 2.24) is 4.98 Å². The molecule has 5 nitrogen and oxygen atoms in total. The predicted molar refractivity (Wildman–Crippen MR) is 187 cm³/mol. The number of nitrogens with zero attached hydrogens (tertiary/aromatic N) is 1. The van der Waals surface area contributed by atoms with Crippen LogP contribution in [0.1, 0.15) is 85.3 Å². The Morgan fingerprint density at radius 2 is 1.54 bits per heavy atom. The van der Waals surface area contributed by atoms with Crippen molar-refractivity contribution in [2.45, 2.75) is 87.5 Å². The number of pyridine rings is 1. The molecule has 0 amide bonds. The van der Waals surface area contributed by atoms with Gasteiger partial charge >= 0.3 is 0 Å². The normalized spacial score (nSPS) is 12.4. The van der Waals surface area contributed by atoms with Crippen LogP contribution in [0.25, 0.3) is 54.8 Å². The van der Waals surface area contributed by atoms with E-state index in [1.54, 1.807) is 0 Å². The van der Waals surface area contributed by atoms with Crippen molar-refractivity contribution in [3.05, 3.63) is 77.7 Å². The number of carbonyl (C=O) groups excluding carboxylic acids is 1. The van der Waals surface area contributed by atoms with Crippen LogP contribution in [0, 0.1) is 30.2 Å². The number of ketones is 1. The number of hydrogen-bond acceptors (Lipinski definition) is 5. The first-order valence-electron chi connectivity index (χ1n) is 16.4. The van der Waals surface area contributed by atoms with Crippen LogP contribution in [0.5, 0.6) is 0 Å². The molecule has 3 heterocycles. The van der Waals surface area contributed by atoms with E-state index in [1.165, 1.54) is 11.6 Å². The Balaban J connectivity index is 0.000000259. The number of benzene rings is 3. The molecule has 3 aromatic carbocycles. The first kappa shape index (κ1) is 35.4. The number of rotatable bonds is 8. The van der Waals surface area contributed by atoms with Crippen molar-refractivity contribution in [2.24, 2.45) is 17.3 Å². The minimum absolute atomic E-state index is 0. The molecule has 3 aromatic heterocycles. The summed E-state index contributed by atoms with van der Waals surface area (Å²) in [5.41, 5.74) is 6.60. The predicted octanol–water partition coefficient (Wildman–Crippen LogP) is 11.6. The molecule has 46 heavy (non-hydrogen) atoms. The molecular formula is C40H46IrNO4-. The third-order valence-corrected chi connectivity index (χ3v) is 8.76. The summed E-state index contributed by atoms with van der Waals surface area (Å²) in [6.45, 7) is 16.9. The molecule has 6 heteroatoms. The number of aryl methyl sites for hydroxylation is 1. The van der Waals surface area contributed by atoms with Gasteiger partial charge in [-0.05, 0) is 84.5 Å². The molecule has 0 saturated carbocycles. The molecule has 0 aliphatic rings. The number of aliphatic hydroxyl groups is 1. The number of aliphatic hydroxyl groups excluding tert-OH is 1. The van der Waals surface area contributed by atoms with Crippen molar-refractivity contribution in [2.75, 3.05) is 0 Å². The van der Waals surface area contributed by atoms with Gasteiger partial charge < -0.3 is 13.9 Å². The maximum Gasteiger partial charge on any atom is 0.162 e. The van der Waals surface area contributed by atoms with Gasteiger partial charge in [-0.2, -0.15) is 0 Å². The van der Waals surface area contributed by atoms with Gasteiger partial charge in [-0.3, -0.25) is 9.78 Å². The van der Waals surface area contributed by atoms with Gasteiger partial charge in [0.15, 0.2) is 5.78 Å². The van der Waals surface area contributed by atoms with Gasteiger partial charge in [-0.1, -0.05) is 72.1 Å². The number of aromatic nitrogens is 1. The molecule has 0 spiro atoms. The zero-order chi connectivity index (χ0) is 32.5. The van der Waals surface area contributed by atoms with Crippen LogP contribution in [-0.4, -0.2) is 15.9 Å². The Hall–Kier alpha value is -3.47. The second-order valence-corrected chi connectivity index (χ2v) is 13.5. The Kier molecular flexibility index (Phi) is 11.2. The Morgan fingerprint density at radius 1 is 0.913 bits per heavy atom. The van der Waals surface area contributed by atoms with Crippen molar-refractivity contribution >= 4 is 60.6 Å². The zero-order valence-electron chi connectivity index (χ0n) is 28.3. The monoisotopic (exact) mass is 797 g/mol. The number of furan rings is 1. The molecule has 0 aliphatic heterocycles. The van der Waals surface area contributed by atoms with E-state index in [0.29, 0.717) is 0 Å². The average molecular weight is 797 g/mol. The summed E-state index contributed by atoms with van der Waals surface area (Å²) in [6.07, 6.45) is 7.73. The second kappa shape index (κ2) is 14.5. The fourth-order valence-electron chi connectivity index (χ4n) is 6.34. The number of carbonyl (C=O) groups is 1. The van der Waals surface area contributed by atoms with Crippen molar-refractivity contribution in [3.8, 4) is 0 Å². The number of fused-ring (bicyclic) bond motifs is 4. The maximum absolute atomic E-state index is 11.7. The Labute approximate surface area is 285 Å². The van der Waals surface area contributed by atoms with Crippen molar-refractivity contribution in [3.63, 3.8) is 0 Å². The third kappa shape index (κ3) is 7.24. The van der Waals surface area contributed by atoms with Gasteiger partial charge in [0, 0.05) is 55.1 Å². The van der Waals surface area contributed by atoms with E-state index in [2.05, 4.69) is 57.2 Å². The van der Waals surface area contributed by atoms with Crippen LogP contribution >= 0.6 is 0 Å². The third-order valence-electron chi connectivity index (χ3n) is 8.76. The molecule has 0 saturated heterocycles. The van der Waals surface area contributed by atoms with Crippen molar-refractivity contribution < 1.29 is 38.8 Å². The summed E-state index contributed by atoms with van der Waals surface area (Å²) in [5.74, 6) is 0.547. The van der Waals surface area contributed by atoms with Crippen LogP contribution in [0.3, 0.4) is 0 Å². The van der Waals surface area contributed by atoms with E-state index in [4.69, 9.17) is 13.8 Å². The van der Waals surface area contributed by atoms with Crippen LogP contribution in [-0.2, 0) is 31.3 Å². The van der Waals surface area contributed by atoms with Gasteiger partial charge in [0.25, 0.3) is 0 Å². The van der Waals surface area contributed by atoms with Crippen LogP contribution in [0.2, 0.25) is 0 Å². The summed E-state index contributed by atoms with van der Waals surface area (Å²) >= 11 is 0. The molecule has 245 valence electrons. The summed E-state index contributed by atoms with van der Waals surface area (Å²) in [5, 5.41) is 14.8. The van der Waals surface area contributed by atoms with E-state index >= 15 is 0 Å². The summed E-state index contributed by atoms with van der Waals surface area (Å²) in [6, 6.07) is 18.2. The Morgan fingerprint density at radius 3 is 2.17 bits per heavy atom. The molecular weight excluding hydrogens is 751 g/mol. The molecule has 0 unspecified atom stereocenters. The molecule has 0 aliphatic carbocycles. The van der Waals surface area contributed by atoms with E-state index < -0.39 is 0 Å². The van der Waals surface area contributed by atoms with E-state index in [-0.39, 0.29) is 48.9 Å². The SMILES string of the molecule is CCC(CC)C(=O)/C=C(\O)C(CC)CC.Cc1cnc2c(c1)oc1cc(CC(C)(C)C)cc3oc4c5ccccc5[c-]c2c4c13.[Ir]. The first-order chi connectivity index (χ1) is 21.5. The first-order valence-corrected chi connectivity index (χ1v) is 16.4. The molecule has 6 aromatic rings. The van der Waals surface area contributed by atoms with Gasteiger partial charge in [0.2, 0.25) is 0 Å². The smallest absolute Gasteiger partial charge is 0.162 e. The zero-order valence-corrected chi connectivity index (χ0v) is 30.7. The minimum Gasteiger partial charge on any atom is -0.512 e.